The molecule has 11 heteroatoms. The Morgan fingerprint density at radius 2 is 2.13 bits per heavy atom. The second-order valence-corrected chi connectivity index (χ2v) is 7.63. The van der Waals surface area contributed by atoms with Crippen LogP contribution in [-0.2, 0) is 14.3 Å². The number of thiophene rings is 1. The first-order valence-corrected chi connectivity index (χ1v) is 10.1. The van der Waals surface area contributed by atoms with Gasteiger partial charge in [-0.25, -0.2) is 9.18 Å². The number of carbonyl (C=O) groups excluding carboxylic acids is 4. The smallest absolute Gasteiger partial charge is 0.350 e. The predicted octanol–water partition coefficient (Wildman–Crippen LogP) is 2.30. The summed E-state index contributed by atoms with van der Waals surface area (Å²) in [5, 5.41) is 6.65. The third-order valence-corrected chi connectivity index (χ3v) is 5.67. The van der Waals surface area contributed by atoms with Crippen molar-refractivity contribution in [3.05, 3.63) is 50.9 Å². The summed E-state index contributed by atoms with van der Waals surface area (Å²) in [4.78, 5) is 50.9. The highest BCUT2D eigenvalue weighted by atomic mass is 35.5. The van der Waals surface area contributed by atoms with Gasteiger partial charge in [-0.05, 0) is 23.6 Å². The first-order valence-electron chi connectivity index (χ1n) is 8.81. The molecule has 1 fully saturated rings. The molecule has 1 aromatic carbocycles. The van der Waals surface area contributed by atoms with Crippen LogP contribution < -0.4 is 10.6 Å². The van der Waals surface area contributed by atoms with Gasteiger partial charge in [-0.15, -0.1) is 11.3 Å². The van der Waals surface area contributed by atoms with Crippen LogP contribution in [0, 0.1) is 5.82 Å². The van der Waals surface area contributed by atoms with Gasteiger partial charge < -0.3 is 20.3 Å². The fourth-order valence-electron chi connectivity index (χ4n) is 3.04. The summed E-state index contributed by atoms with van der Waals surface area (Å²) in [6, 6.07) is 4.19. The van der Waals surface area contributed by atoms with Gasteiger partial charge in [-0.3, -0.25) is 14.4 Å². The maximum absolute atomic E-state index is 14.2. The fraction of sp³-hybridized carbons (Fsp3) is 0.263. The topological polar surface area (TPSA) is 105 Å². The molecule has 158 valence electrons. The summed E-state index contributed by atoms with van der Waals surface area (Å²) < 4.78 is 18.9. The van der Waals surface area contributed by atoms with Crippen LogP contribution in [0.2, 0.25) is 5.02 Å². The standard InChI is InChI=1S/C19H17ClFN3O5S/c1-29-19(28)16-12(5-8-30-16)23-14(25)9-13-17(26)22-6-7-24(13)18(27)15-10(20)3-2-4-11(15)21/h2-5,8,13H,6-7,9H2,1H3,(H,22,26)(H,23,25)/t13-/m1/s1. The van der Waals surface area contributed by atoms with E-state index in [1.807, 2.05) is 0 Å². The number of rotatable bonds is 5. The molecule has 0 spiro atoms. The van der Waals surface area contributed by atoms with Crippen LogP contribution in [0.1, 0.15) is 26.5 Å². The molecule has 1 saturated heterocycles. The van der Waals surface area contributed by atoms with Crippen molar-refractivity contribution in [3.63, 3.8) is 0 Å². The number of halogens is 2. The molecule has 3 rings (SSSR count). The van der Waals surface area contributed by atoms with Crippen molar-refractivity contribution < 1.29 is 28.3 Å². The lowest BCUT2D eigenvalue weighted by molar-refractivity contribution is -0.131. The van der Waals surface area contributed by atoms with Gasteiger partial charge in [0.1, 0.15) is 16.7 Å². The van der Waals surface area contributed by atoms with E-state index in [1.165, 1.54) is 25.3 Å². The van der Waals surface area contributed by atoms with Gasteiger partial charge in [0.25, 0.3) is 5.91 Å². The Morgan fingerprint density at radius 1 is 1.37 bits per heavy atom. The Bertz CT molecular complexity index is 992. The van der Waals surface area contributed by atoms with Gasteiger partial charge in [0.2, 0.25) is 11.8 Å². The van der Waals surface area contributed by atoms with Crippen LogP contribution in [0.5, 0.6) is 0 Å². The molecule has 2 heterocycles. The molecule has 0 radical (unpaired) electrons. The summed E-state index contributed by atoms with van der Waals surface area (Å²) in [7, 11) is 1.22. The van der Waals surface area contributed by atoms with Crippen molar-refractivity contribution in [2.45, 2.75) is 12.5 Å². The number of benzene rings is 1. The van der Waals surface area contributed by atoms with E-state index in [9.17, 15) is 23.6 Å². The summed E-state index contributed by atoms with van der Waals surface area (Å²) in [5.74, 6) is -3.35. The number of hydrogen-bond donors (Lipinski definition) is 2. The van der Waals surface area contributed by atoms with Gasteiger partial charge in [0.05, 0.1) is 29.8 Å². The summed E-state index contributed by atoms with van der Waals surface area (Å²) in [6.07, 6.45) is -0.389. The number of nitrogens with one attached hydrogen (secondary N) is 2. The molecule has 1 aliphatic rings. The third-order valence-electron chi connectivity index (χ3n) is 4.46. The Balaban J connectivity index is 1.79. The zero-order valence-corrected chi connectivity index (χ0v) is 17.3. The Hall–Kier alpha value is -2.98. The molecule has 2 N–H and O–H groups in total. The minimum Gasteiger partial charge on any atom is -0.465 e. The molecule has 2 aromatic rings. The number of carbonyl (C=O) groups is 4. The van der Waals surface area contributed by atoms with Gasteiger partial charge in [-0.2, -0.15) is 0 Å². The van der Waals surface area contributed by atoms with Gasteiger partial charge >= 0.3 is 5.97 Å². The Labute approximate surface area is 179 Å². The van der Waals surface area contributed by atoms with Crippen LogP contribution in [0.4, 0.5) is 10.1 Å². The molecule has 0 unspecified atom stereocenters. The summed E-state index contributed by atoms with van der Waals surface area (Å²) >= 11 is 7.07. The highest BCUT2D eigenvalue weighted by Gasteiger charge is 2.36. The number of methoxy groups -OCH3 is 1. The van der Waals surface area contributed by atoms with Crippen molar-refractivity contribution in [1.29, 1.82) is 0 Å². The second-order valence-electron chi connectivity index (χ2n) is 6.31. The molecular formula is C19H17ClFN3O5S. The molecule has 8 nitrogen and oxygen atoms in total. The Kier molecular flexibility index (Phi) is 6.68. The molecule has 30 heavy (non-hydrogen) atoms. The van der Waals surface area contributed by atoms with E-state index in [2.05, 4.69) is 15.4 Å². The highest BCUT2D eigenvalue weighted by molar-refractivity contribution is 7.12. The van der Waals surface area contributed by atoms with Gasteiger partial charge in [0.15, 0.2) is 0 Å². The fourth-order valence-corrected chi connectivity index (χ4v) is 4.05. The SMILES string of the molecule is COC(=O)c1sccc1NC(=O)C[C@@H]1C(=O)NCCN1C(=O)c1c(F)cccc1Cl. The van der Waals surface area contributed by atoms with Crippen LogP contribution in [0.3, 0.4) is 0 Å². The Morgan fingerprint density at radius 3 is 2.83 bits per heavy atom. The normalized spacial score (nSPS) is 16.0. The van der Waals surface area contributed by atoms with Crippen LogP contribution in [0.25, 0.3) is 0 Å². The number of hydrogen-bond acceptors (Lipinski definition) is 6. The molecule has 0 bridgehead atoms. The number of anilines is 1. The number of piperazine rings is 1. The zero-order chi connectivity index (χ0) is 21.8. The van der Waals surface area contributed by atoms with E-state index in [0.29, 0.717) is 0 Å². The first-order chi connectivity index (χ1) is 14.3. The number of esters is 1. The molecule has 1 aliphatic heterocycles. The number of nitrogens with zero attached hydrogens (tertiary/aromatic N) is 1. The van der Waals surface area contributed by atoms with Crippen LogP contribution >= 0.6 is 22.9 Å². The van der Waals surface area contributed by atoms with Crippen LogP contribution in [0.15, 0.2) is 29.6 Å². The van der Waals surface area contributed by atoms with Crippen molar-refractivity contribution in [1.82, 2.24) is 10.2 Å². The zero-order valence-electron chi connectivity index (χ0n) is 15.7. The maximum atomic E-state index is 14.2. The quantitative estimate of drug-likeness (QED) is 0.676. The van der Waals surface area contributed by atoms with E-state index in [-0.39, 0.29) is 40.7 Å². The van der Waals surface area contributed by atoms with E-state index in [4.69, 9.17) is 11.6 Å². The molecule has 1 aromatic heterocycles. The lowest BCUT2D eigenvalue weighted by atomic mass is 10.1. The van der Waals surface area contributed by atoms with Crippen molar-refractivity contribution in [2.75, 3.05) is 25.5 Å². The highest BCUT2D eigenvalue weighted by Crippen LogP contribution is 2.25. The number of amides is 3. The average Bonchev–Trinajstić information content (AvgIpc) is 3.16. The minimum atomic E-state index is -1.16. The molecule has 3 amide bonds. The van der Waals surface area contributed by atoms with E-state index in [1.54, 1.807) is 5.38 Å². The molecule has 1 atom stereocenters. The lowest BCUT2D eigenvalue weighted by Crippen LogP contribution is -2.58. The van der Waals surface area contributed by atoms with Crippen molar-refractivity contribution in [3.8, 4) is 0 Å². The second kappa shape index (κ2) is 9.23. The largest absolute Gasteiger partial charge is 0.465 e. The summed E-state index contributed by atoms with van der Waals surface area (Å²) in [5.41, 5.74) is -0.117. The van der Waals surface area contributed by atoms with Crippen LogP contribution in [-0.4, -0.2) is 54.8 Å². The van der Waals surface area contributed by atoms with E-state index < -0.39 is 35.5 Å². The van der Waals surface area contributed by atoms with Gasteiger partial charge in [0, 0.05) is 13.1 Å². The van der Waals surface area contributed by atoms with Crippen molar-refractivity contribution in [2.24, 2.45) is 0 Å². The van der Waals surface area contributed by atoms with E-state index >= 15 is 0 Å². The van der Waals surface area contributed by atoms with Crippen molar-refractivity contribution >= 4 is 52.3 Å². The minimum absolute atomic E-state index is 0.0824. The molecular weight excluding hydrogens is 437 g/mol. The van der Waals surface area contributed by atoms with Gasteiger partial charge in [-0.1, -0.05) is 17.7 Å². The third kappa shape index (κ3) is 4.44. The van der Waals surface area contributed by atoms with E-state index in [0.717, 1.165) is 22.3 Å². The first kappa shape index (κ1) is 21.7. The molecule has 0 aliphatic carbocycles. The predicted molar refractivity (Wildman–Crippen MR) is 108 cm³/mol. The summed E-state index contributed by atoms with van der Waals surface area (Å²) in [6.45, 7) is 0.241. The molecule has 0 saturated carbocycles. The lowest BCUT2D eigenvalue weighted by Gasteiger charge is -2.35. The maximum Gasteiger partial charge on any atom is 0.350 e. The number of ether oxygens (including phenoxy) is 1. The monoisotopic (exact) mass is 453 g/mol. The average molecular weight is 454 g/mol.